The van der Waals surface area contributed by atoms with Gasteiger partial charge in [-0.2, -0.15) is 5.10 Å². The minimum absolute atomic E-state index is 0.746. The van der Waals surface area contributed by atoms with E-state index < -0.39 is 0 Å². The highest BCUT2D eigenvalue weighted by Gasteiger charge is 2.18. The van der Waals surface area contributed by atoms with Crippen LogP contribution >= 0.6 is 23.8 Å². The van der Waals surface area contributed by atoms with Crippen LogP contribution in [0.4, 0.5) is 0 Å². The summed E-state index contributed by atoms with van der Waals surface area (Å²) in [6, 6.07) is 18.5. The number of rotatable bonds is 6. The number of halogens is 1. The Labute approximate surface area is 182 Å². The Bertz CT molecular complexity index is 988. The fraction of sp³-hybridized carbons (Fsp3) is 0.364. The maximum atomic E-state index is 5.98. The van der Waals surface area contributed by atoms with E-state index in [9.17, 15) is 0 Å². The maximum absolute atomic E-state index is 5.98. The van der Waals surface area contributed by atoms with Crippen LogP contribution in [0, 0.1) is 11.7 Å². The first-order chi connectivity index (χ1) is 14.1. The van der Waals surface area contributed by atoms with Crippen LogP contribution in [0.2, 0.25) is 5.02 Å². The number of hydrogen-bond acceptors (Lipinski definition) is 4. The van der Waals surface area contributed by atoms with Gasteiger partial charge in [-0.05, 0) is 42.4 Å². The molecule has 1 aromatic heterocycles. The van der Waals surface area contributed by atoms with Crippen molar-refractivity contribution in [1.29, 1.82) is 0 Å². The van der Waals surface area contributed by atoms with Crippen LogP contribution in [-0.2, 0) is 19.8 Å². The van der Waals surface area contributed by atoms with Crippen molar-refractivity contribution in [3.8, 4) is 0 Å². The van der Waals surface area contributed by atoms with Crippen LogP contribution in [0.3, 0.4) is 0 Å². The molecule has 0 saturated carbocycles. The van der Waals surface area contributed by atoms with Gasteiger partial charge in [0.2, 0.25) is 0 Å². The molecule has 2 aromatic carbocycles. The van der Waals surface area contributed by atoms with Crippen molar-refractivity contribution >= 4 is 23.8 Å². The molecule has 7 heteroatoms. The molecule has 0 bridgehead atoms. The van der Waals surface area contributed by atoms with Crippen LogP contribution in [0.5, 0.6) is 0 Å². The quantitative estimate of drug-likeness (QED) is 0.551. The molecule has 2 heterocycles. The molecule has 4 rings (SSSR count). The molecule has 1 saturated heterocycles. The molecule has 3 aromatic rings. The summed E-state index contributed by atoms with van der Waals surface area (Å²) >= 11 is 11.7. The molecule has 0 radical (unpaired) electrons. The van der Waals surface area contributed by atoms with E-state index in [-0.39, 0.29) is 0 Å². The summed E-state index contributed by atoms with van der Waals surface area (Å²) in [5, 5.41) is 5.49. The Morgan fingerprint density at radius 2 is 1.48 bits per heavy atom. The van der Waals surface area contributed by atoms with Gasteiger partial charge in [-0.1, -0.05) is 54.1 Å². The molecule has 1 fully saturated rings. The molecule has 1 aliphatic rings. The molecule has 29 heavy (non-hydrogen) atoms. The highest BCUT2D eigenvalue weighted by Crippen LogP contribution is 2.14. The standard InChI is InChI=1S/C22H26ClN5S/c1-18-24-28(22(29)27(18)16-19-5-3-2-4-6-19)17-26-13-11-25(12-14-26)15-20-7-9-21(23)10-8-20/h2-10H,11-17H2,1H3. The van der Waals surface area contributed by atoms with Crippen LogP contribution < -0.4 is 0 Å². The summed E-state index contributed by atoms with van der Waals surface area (Å²) in [5.41, 5.74) is 2.54. The molecule has 1 aliphatic heterocycles. The zero-order chi connectivity index (χ0) is 20.2. The summed E-state index contributed by atoms with van der Waals surface area (Å²) in [7, 11) is 0. The molecule has 0 amide bonds. The van der Waals surface area contributed by atoms with Crippen molar-refractivity contribution in [3.05, 3.63) is 81.3 Å². The number of aromatic nitrogens is 3. The van der Waals surface area contributed by atoms with Crippen molar-refractivity contribution in [2.24, 2.45) is 0 Å². The van der Waals surface area contributed by atoms with Crippen molar-refractivity contribution < 1.29 is 0 Å². The van der Waals surface area contributed by atoms with E-state index in [1.54, 1.807) is 0 Å². The molecule has 0 spiro atoms. The molecule has 0 N–H and O–H groups in total. The van der Waals surface area contributed by atoms with Crippen LogP contribution in [0.15, 0.2) is 54.6 Å². The normalized spacial score (nSPS) is 15.7. The number of aryl methyl sites for hydroxylation is 1. The van der Waals surface area contributed by atoms with Crippen LogP contribution in [0.1, 0.15) is 17.0 Å². The predicted molar refractivity (Wildman–Crippen MR) is 120 cm³/mol. The summed E-state index contributed by atoms with van der Waals surface area (Å²) in [5.74, 6) is 0.959. The second-order valence-corrected chi connectivity index (χ2v) is 8.36. The van der Waals surface area contributed by atoms with E-state index in [2.05, 4.69) is 50.8 Å². The van der Waals surface area contributed by atoms with Gasteiger partial charge >= 0.3 is 0 Å². The SMILES string of the molecule is Cc1nn(CN2CCN(Cc3ccc(Cl)cc3)CC2)c(=S)n1Cc1ccccc1. The molecule has 0 atom stereocenters. The molecule has 0 aliphatic carbocycles. The average molecular weight is 428 g/mol. The van der Waals surface area contributed by atoms with E-state index >= 15 is 0 Å². The van der Waals surface area contributed by atoms with Crippen molar-refractivity contribution in [2.75, 3.05) is 26.2 Å². The third-order valence-electron chi connectivity index (χ3n) is 5.41. The maximum Gasteiger partial charge on any atom is 0.199 e. The van der Waals surface area contributed by atoms with E-state index in [0.717, 1.165) is 61.6 Å². The van der Waals surface area contributed by atoms with Crippen molar-refractivity contribution in [3.63, 3.8) is 0 Å². The third kappa shape index (κ3) is 5.14. The molecular formula is C22H26ClN5S. The number of nitrogens with zero attached hydrogens (tertiary/aromatic N) is 5. The number of piperazine rings is 1. The predicted octanol–water partition coefficient (Wildman–Crippen LogP) is 4.20. The van der Waals surface area contributed by atoms with Gasteiger partial charge < -0.3 is 0 Å². The van der Waals surface area contributed by atoms with Gasteiger partial charge in [-0.15, -0.1) is 0 Å². The van der Waals surface area contributed by atoms with Gasteiger partial charge in [-0.25, -0.2) is 4.68 Å². The Balaban J connectivity index is 1.34. The van der Waals surface area contributed by atoms with Crippen molar-refractivity contribution in [1.82, 2.24) is 24.1 Å². The molecular weight excluding hydrogens is 402 g/mol. The fourth-order valence-corrected chi connectivity index (χ4v) is 4.14. The van der Waals surface area contributed by atoms with E-state index in [1.165, 1.54) is 11.1 Å². The Kier molecular flexibility index (Phi) is 6.45. The Morgan fingerprint density at radius 3 is 2.17 bits per heavy atom. The smallest absolute Gasteiger partial charge is 0.199 e. The lowest BCUT2D eigenvalue weighted by Gasteiger charge is -2.34. The molecule has 152 valence electrons. The van der Waals surface area contributed by atoms with Gasteiger partial charge in [-0.3, -0.25) is 14.4 Å². The zero-order valence-corrected chi connectivity index (χ0v) is 18.2. The van der Waals surface area contributed by atoms with Crippen molar-refractivity contribution in [2.45, 2.75) is 26.7 Å². The lowest BCUT2D eigenvalue weighted by atomic mass is 10.2. The van der Waals surface area contributed by atoms with Crippen LogP contribution in [-0.4, -0.2) is 50.3 Å². The van der Waals surface area contributed by atoms with E-state index in [1.807, 2.05) is 29.8 Å². The summed E-state index contributed by atoms with van der Waals surface area (Å²) in [6.45, 7) is 8.62. The van der Waals surface area contributed by atoms with E-state index in [0.29, 0.717) is 0 Å². The summed E-state index contributed by atoms with van der Waals surface area (Å²) in [6.07, 6.45) is 0. The fourth-order valence-electron chi connectivity index (χ4n) is 3.72. The zero-order valence-electron chi connectivity index (χ0n) is 16.7. The minimum atomic E-state index is 0.746. The largest absolute Gasteiger partial charge is 0.300 e. The highest BCUT2D eigenvalue weighted by atomic mass is 35.5. The second kappa shape index (κ2) is 9.22. The lowest BCUT2D eigenvalue weighted by Crippen LogP contribution is -2.46. The van der Waals surface area contributed by atoms with E-state index in [4.69, 9.17) is 28.9 Å². The first-order valence-corrected chi connectivity index (χ1v) is 10.7. The lowest BCUT2D eigenvalue weighted by molar-refractivity contribution is 0.0979. The number of hydrogen-bond donors (Lipinski definition) is 0. The number of benzene rings is 2. The Hall–Kier alpha value is -1.99. The monoisotopic (exact) mass is 427 g/mol. The Morgan fingerprint density at radius 1 is 0.862 bits per heavy atom. The first-order valence-electron chi connectivity index (χ1n) is 9.96. The van der Waals surface area contributed by atoms with Gasteiger partial charge in [0.05, 0.1) is 13.2 Å². The highest BCUT2D eigenvalue weighted by molar-refractivity contribution is 7.71. The topological polar surface area (TPSA) is 29.2 Å². The summed E-state index contributed by atoms with van der Waals surface area (Å²) in [4.78, 5) is 4.91. The van der Waals surface area contributed by atoms with Gasteiger partial charge in [0, 0.05) is 37.7 Å². The third-order valence-corrected chi connectivity index (χ3v) is 6.09. The second-order valence-electron chi connectivity index (χ2n) is 7.56. The van der Waals surface area contributed by atoms with Crippen LogP contribution in [0.25, 0.3) is 0 Å². The summed E-state index contributed by atoms with van der Waals surface area (Å²) < 4.78 is 4.86. The van der Waals surface area contributed by atoms with Gasteiger partial charge in [0.25, 0.3) is 0 Å². The average Bonchev–Trinajstić information content (AvgIpc) is 2.99. The van der Waals surface area contributed by atoms with Gasteiger partial charge in [0.1, 0.15) is 5.82 Å². The minimum Gasteiger partial charge on any atom is -0.300 e. The molecule has 0 unspecified atom stereocenters. The van der Waals surface area contributed by atoms with Gasteiger partial charge in [0.15, 0.2) is 4.77 Å². The molecule has 5 nitrogen and oxygen atoms in total. The first kappa shape index (κ1) is 20.3.